The summed E-state index contributed by atoms with van der Waals surface area (Å²) in [7, 11) is 1.76. The van der Waals surface area contributed by atoms with E-state index in [9.17, 15) is 9.59 Å². The number of carbonyl (C=O) groups excluding carboxylic acids is 2. The van der Waals surface area contributed by atoms with Crippen LogP contribution >= 0.6 is 0 Å². The molecule has 1 aromatic carbocycles. The van der Waals surface area contributed by atoms with Gasteiger partial charge in [0.1, 0.15) is 0 Å². The van der Waals surface area contributed by atoms with Crippen molar-refractivity contribution in [3.63, 3.8) is 0 Å². The van der Waals surface area contributed by atoms with E-state index in [-0.39, 0.29) is 18.0 Å². The number of ether oxygens (including phenoxy) is 1. The van der Waals surface area contributed by atoms with Gasteiger partial charge < -0.3 is 19.9 Å². The number of anilines is 1. The summed E-state index contributed by atoms with van der Waals surface area (Å²) < 4.78 is 5.61. The molecule has 1 N–H and O–H groups in total. The van der Waals surface area contributed by atoms with Crippen LogP contribution in [-0.2, 0) is 16.1 Å². The summed E-state index contributed by atoms with van der Waals surface area (Å²) in [6.45, 7) is 6.07. The van der Waals surface area contributed by atoms with E-state index in [1.54, 1.807) is 16.8 Å². The Kier molecular flexibility index (Phi) is 6.61. The first-order valence-electron chi connectivity index (χ1n) is 8.47. The zero-order chi connectivity index (χ0) is 17.5. The predicted octanol–water partition coefficient (Wildman–Crippen LogP) is 2.70. The average Bonchev–Trinajstić information content (AvgIpc) is 3.05. The van der Waals surface area contributed by atoms with E-state index < -0.39 is 0 Å². The molecule has 3 amide bonds. The van der Waals surface area contributed by atoms with Crippen LogP contribution in [0.15, 0.2) is 24.3 Å². The number of urea groups is 1. The number of hydrogen-bond acceptors (Lipinski definition) is 3. The molecular formula is C18H27N3O3. The molecule has 0 bridgehead atoms. The maximum Gasteiger partial charge on any atom is 0.321 e. The third-order valence-electron chi connectivity index (χ3n) is 4.25. The SMILES string of the molecule is CCN(C[C@@H]1CCCO1)C(=O)Nc1cccc(CN(C)C(C)=O)c1. The van der Waals surface area contributed by atoms with Gasteiger partial charge in [0, 0.05) is 45.9 Å². The maximum absolute atomic E-state index is 12.5. The minimum atomic E-state index is -0.120. The maximum atomic E-state index is 12.5. The van der Waals surface area contributed by atoms with Crippen molar-refractivity contribution in [2.24, 2.45) is 0 Å². The van der Waals surface area contributed by atoms with Gasteiger partial charge in [0.2, 0.25) is 5.91 Å². The van der Waals surface area contributed by atoms with E-state index in [4.69, 9.17) is 4.74 Å². The van der Waals surface area contributed by atoms with Crippen LogP contribution in [0.5, 0.6) is 0 Å². The van der Waals surface area contributed by atoms with Gasteiger partial charge >= 0.3 is 6.03 Å². The minimum absolute atomic E-state index is 0.0122. The van der Waals surface area contributed by atoms with Crippen LogP contribution in [0.25, 0.3) is 0 Å². The Morgan fingerprint density at radius 3 is 2.79 bits per heavy atom. The summed E-state index contributed by atoms with van der Waals surface area (Å²) >= 11 is 0. The zero-order valence-corrected chi connectivity index (χ0v) is 14.7. The van der Waals surface area contributed by atoms with Crippen LogP contribution < -0.4 is 5.32 Å². The number of hydrogen-bond donors (Lipinski definition) is 1. The van der Waals surface area contributed by atoms with Gasteiger partial charge in [0.05, 0.1) is 6.10 Å². The largest absolute Gasteiger partial charge is 0.376 e. The summed E-state index contributed by atoms with van der Waals surface area (Å²) in [5, 5.41) is 2.94. The van der Waals surface area contributed by atoms with Crippen molar-refractivity contribution in [3.05, 3.63) is 29.8 Å². The molecule has 0 spiro atoms. The van der Waals surface area contributed by atoms with Crippen LogP contribution in [0.1, 0.15) is 32.3 Å². The van der Waals surface area contributed by atoms with E-state index >= 15 is 0 Å². The Morgan fingerprint density at radius 1 is 1.38 bits per heavy atom. The van der Waals surface area contributed by atoms with Crippen molar-refractivity contribution in [1.29, 1.82) is 0 Å². The molecule has 1 saturated heterocycles. The highest BCUT2D eigenvalue weighted by molar-refractivity contribution is 5.89. The first-order valence-corrected chi connectivity index (χ1v) is 8.47. The number of carbonyl (C=O) groups is 2. The fourth-order valence-corrected chi connectivity index (χ4v) is 2.72. The second-order valence-electron chi connectivity index (χ2n) is 6.18. The highest BCUT2D eigenvalue weighted by atomic mass is 16.5. The van der Waals surface area contributed by atoms with Crippen molar-refractivity contribution in [3.8, 4) is 0 Å². The van der Waals surface area contributed by atoms with Gasteiger partial charge in [-0.1, -0.05) is 12.1 Å². The molecule has 0 unspecified atom stereocenters. The Hall–Kier alpha value is -2.08. The van der Waals surface area contributed by atoms with E-state index in [1.807, 2.05) is 31.2 Å². The van der Waals surface area contributed by atoms with Gasteiger partial charge in [-0.2, -0.15) is 0 Å². The third kappa shape index (κ3) is 5.23. The number of amides is 3. The molecule has 1 fully saturated rings. The Labute approximate surface area is 143 Å². The molecule has 132 valence electrons. The molecule has 1 aliphatic heterocycles. The number of rotatable bonds is 6. The molecule has 0 radical (unpaired) electrons. The van der Waals surface area contributed by atoms with Crippen LogP contribution in [0.2, 0.25) is 0 Å². The van der Waals surface area contributed by atoms with E-state index in [2.05, 4.69) is 5.32 Å². The van der Waals surface area contributed by atoms with Crippen molar-refractivity contribution in [2.75, 3.05) is 32.1 Å². The highest BCUT2D eigenvalue weighted by Crippen LogP contribution is 2.16. The first-order chi connectivity index (χ1) is 11.5. The lowest BCUT2D eigenvalue weighted by molar-refractivity contribution is -0.128. The lowest BCUT2D eigenvalue weighted by Crippen LogP contribution is -2.40. The molecular weight excluding hydrogens is 306 g/mol. The summed E-state index contributed by atoms with van der Waals surface area (Å²) in [5.41, 5.74) is 1.72. The molecule has 1 atom stereocenters. The van der Waals surface area contributed by atoms with Gasteiger partial charge in [-0.25, -0.2) is 4.79 Å². The van der Waals surface area contributed by atoms with Gasteiger partial charge in [0.25, 0.3) is 0 Å². The highest BCUT2D eigenvalue weighted by Gasteiger charge is 2.21. The van der Waals surface area contributed by atoms with E-state index in [0.717, 1.165) is 30.7 Å². The van der Waals surface area contributed by atoms with Crippen molar-refractivity contribution in [1.82, 2.24) is 9.80 Å². The summed E-state index contributed by atoms with van der Waals surface area (Å²) in [6.07, 6.45) is 2.22. The Morgan fingerprint density at radius 2 is 2.17 bits per heavy atom. The standard InChI is InChI=1S/C18H27N3O3/c1-4-21(13-17-9-6-10-24-17)18(23)19-16-8-5-7-15(11-16)12-20(3)14(2)22/h5,7-8,11,17H,4,6,9-10,12-13H2,1-3H3,(H,19,23)/t17-/m0/s1. The van der Waals surface area contributed by atoms with E-state index in [0.29, 0.717) is 19.6 Å². The second kappa shape index (κ2) is 8.68. The fraction of sp³-hybridized carbons (Fsp3) is 0.556. The molecule has 0 aliphatic carbocycles. The molecule has 0 aromatic heterocycles. The number of nitrogens with one attached hydrogen (secondary N) is 1. The smallest absolute Gasteiger partial charge is 0.321 e. The van der Waals surface area contributed by atoms with Crippen LogP contribution in [0.4, 0.5) is 10.5 Å². The monoisotopic (exact) mass is 333 g/mol. The third-order valence-corrected chi connectivity index (χ3v) is 4.25. The Bertz CT molecular complexity index is 570. The summed E-state index contributed by atoms with van der Waals surface area (Å²) in [5.74, 6) is 0.0122. The van der Waals surface area contributed by atoms with Crippen molar-refractivity contribution >= 4 is 17.6 Å². The molecule has 0 saturated carbocycles. The van der Waals surface area contributed by atoms with Crippen LogP contribution in [0, 0.1) is 0 Å². The molecule has 24 heavy (non-hydrogen) atoms. The lowest BCUT2D eigenvalue weighted by Gasteiger charge is -2.24. The normalized spacial score (nSPS) is 16.7. The molecule has 1 aromatic rings. The topological polar surface area (TPSA) is 61.9 Å². The lowest BCUT2D eigenvalue weighted by atomic mass is 10.2. The molecule has 2 rings (SSSR count). The van der Waals surface area contributed by atoms with E-state index in [1.165, 1.54) is 6.92 Å². The van der Waals surface area contributed by atoms with Crippen LogP contribution in [0.3, 0.4) is 0 Å². The number of benzene rings is 1. The van der Waals surface area contributed by atoms with Gasteiger partial charge in [-0.15, -0.1) is 0 Å². The summed E-state index contributed by atoms with van der Waals surface area (Å²) in [6, 6.07) is 7.46. The van der Waals surface area contributed by atoms with Crippen LogP contribution in [-0.4, -0.2) is 54.6 Å². The fourth-order valence-electron chi connectivity index (χ4n) is 2.72. The van der Waals surface area contributed by atoms with Gasteiger partial charge in [-0.05, 0) is 37.5 Å². The van der Waals surface area contributed by atoms with Gasteiger partial charge in [0.15, 0.2) is 0 Å². The molecule has 1 aliphatic rings. The number of nitrogens with zero attached hydrogens (tertiary/aromatic N) is 2. The molecule has 6 nitrogen and oxygen atoms in total. The Balaban J connectivity index is 1.95. The average molecular weight is 333 g/mol. The summed E-state index contributed by atoms with van der Waals surface area (Å²) in [4.78, 5) is 27.2. The zero-order valence-electron chi connectivity index (χ0n) is 14.7. The first kappa shape index (κ1) is 18.3. The number of likely N-dealkylation sites (N-methyl/N-ethyl adjacent to an activating group) is 1. The quantitative estimate of drug-likeness (QED) is 0.871. The molecule has 6 heteroatoms. The van der Waals surface area contributed by atoms with Crippen molar-refractivity contribution < 1.29 is 14.3 Å². The minimum Gasteiger partial charge on any atom is -0.376 e. The molecule has 1 heterocycles. The van der Waals surface area contributed by atoms with Crippen molar-refractivity contribution in [2.45, 2.75) is 39.3 Å². The second-order valence-corrected chi connectivity index (χ2v) is 6.18. The van der Waals surface area contributed by atoms with Gasteiger partial charge in [-0.3, -0.25) is 4.79 Å². The predicted molar refractivity (Wildman–Crippen MR) is 93.8 cm³/mol.